The zero-order chi connectivity index (χ0) is 19.7. The molecule has 7 atom stereocenters. The van der Waals surface area contributed by atoms with Gasteiger partial charge in [0.25, 0.3) is 0 Å². The van der Waals surface area contributed by atoms with Crippen molar-refractivity contribution in [2.75, 3.05) is 14.2 Å². The second kappa shape index (κ2) is 5.73. The molecule has 0 amide bonds. The van der Waals surface area contributed by atoms with Gasteiger partial charge in [0.1, 0.15) is 6.10 Å². The van der Waals surface area contributed by atoms with Crippen molar-refractivity contribution in [2.24, 2.45) is 34.5 Å². The molecule has 0 spiro atoms. The van der Waals surface area contributed by atoms with E-state index in [2.05, 4.69) is 13.8 Å². The Morgan fingerprint density at radius 1 is 1.19 bits per heavy atom. The molecular weight excluding hydrogens is 344 g/mol. The van der Waals surface area contributed by atoms with Gasteiger partial charge < -0.3 is 14.2 Å². The Balaban J connectivity index is 1.99. The third kappa shape index (κ3) is 2.00. The molecule has 0 aromatic heterocycles. The first kappa shape index (κ1) is 18.3. The predicted molar refractivity (Wildman–Crippen MR) is 99.3 cm³/mol. The molecule has 4 rings (SSSR count). The zero-order valence-electron chi connectivity index (χ0n) is 16.9. The fraction of sp³-hybridized carbons (Fsp3) is 0.636. The molecule has 0 radical (unpaired) electrons. The maximum Gasteiger partial charge on any atom is 0.203 e. The van der Waals surface area contributed by atoms with Gasteiger partial charge in [-0.25, -0.2) is 0 Å². The van der Waals surface area contributed by atoms with Gasteiger partial charge in [-0.05, 0) is 42.9 Å². The molecule has 1 aliphatic heterocycles. The highest BCUT2D eigenvalue weighted by atomic mass is 16.5. The second-order valence-electron chi connectivity index (χ2n) is 8.86. The van der Waals surface area contributed by atoms with Gasteiger partial charge in [-0.2, -0.15) is 0 Å². The Kier molecular flexibility index (Phi) is 3.89. The van der Waals surface area contributed by atoms with E-state index in [0.717, 1.165) is 12.0 Å². The van der Waals surface area contributed by atoms with Gasteiger partial charge in [0.05, 0.1) is 20.5 Å². The maximum absolute atomic E-state index is 13.7. The predicted octanol–water partition coefficient (Wildman–Crippen LogP) is 3.42. The quantitative estimate of drug-likeness (QED) is 0.743. The van der Waals surface area contributed by atoms with Crippen LogP contribution in [0.2, 0.25) is 0 Å². The Hall–Kier alpha value is -2.04. The number of hydrogen-bond donors (Lipinski definition) is 0. The van der Waals surface area contributed by atoms with Gasteiger partial charge in [-0.3, -0.25) is 9.59 Å². The first-order chi connectivity index (χ1) is 12.7. The smallest absolute Gasteiger partial charge is 0.203 e. The molecule has 1 heterocycles. The normalized spacial score (nSPS) is 45.6. The molecule has 5 heteroatoms. The largest absolute Gasteiger partial charge is 0.498 e. The van der Waals surface area contributed by atoms with Crippen molar-refractivity contribution in [1.82, 2.24) is 0 Å². The third-order valence-electron chi connectivity index (χ3n) is 7.83. The van der Waals surface area contributed by atoms with Gasteiger partial charge in [0.15, 0.2) is 11.5 Å². The van der Waals surface area contributed by atoms with Crippen molar-refractivity contribution in [1.29, 1.82) is 0 Å². The average Bonchev–Trinajstić information content (AvgIpc) is 2.62. The lowest BCUT2D eigenvalue weighted by molar-refractivity contribution is -0.190. The molecule has 146 valence electrons. The minimum atomic E-state index is -0.848. The lowest BCUT2D eigenvalue weighted by atomic mass is 9.40. The molecular formula is C22H28O5. The lowest BCUT2D eigenvalue weighted by Gasteiger charge is -2.63. The van der Waals surface area contributed by atoms with Crippen LogP contribution in [0.3, 0.4) is 0 Å². The standard InChI is InChI=1S/C22H28O5/c1-11-9-15(25-5)20(24)22(4)14(11)10-16-21(3)13(7-8-27-16)12(2)18(26-6)17(23)19(21)22/h7-9,11,13-14,16,19H,10H2,1-6H3. The molecule has 27 heavy (non-hydrogen) atoms. The van der Waals surface area contributed by atoms with E-state index < -0.39 is 16.7 Å². The molecule has 1 fully saturated rings. The summed E-state index contributed by atoms with van der Waals surface area (Å²) < 4.78 is 17.0. The Labute approximate surface area is 160 Å². The fourth-order valence-electron chi connectivity index (χ4n) is 6.59. The second-order valence-corrected chi connectivity index (χ2v) is 8.86. The molecule has 5 nitrogen and oxygen atoms in total. The first-order valence-corrected chi connectivity index (χ1v) is 9.64. The Morgan fingerprint density at radius 2 is 1.89 bits per heavy atom. The molecule has 0 saturated heterocycles. The number of methoxy groups -OCH3 is 2. The number of hydrogen-bond acceptors (Lipinski definition) is 5. The van der Waals surface area contributed by atoms with E-state index in [4.69, 9.17) is 14.2 Å². The van der Waals surface area contributed by atoms with Gasteiger partial charge in [0, 0.05) is 22.7 Å². The molecule has 0 aromatic carbocycles. The summed E-state index contributed by atoms with van der Waals surface area (Å²) in [6, 6.07) is 0. The molecule has 3 aliphatic carbocycles. The number of ketones is 2. The van der Waals surface area contributed by atoms with E-state index in [0.29, 0.717) is 11.5 Å². The Morgan fingerprint density at radius 3 is 2.52 bits per heavy atom. The van der Waals surface area contributed by atoms with Crippen molar-refractivity contribution in [3.63, 3.8) is 0 Å². The van der Waals surface area contributed by atoms with Crippen LogP contribution in [0.25, 0.3) is 0 Å². The van der Waals surface area contributed by atoms with Crippen molar-refractivity contribution in [2.45, 2.75) is 40.2 Å². The minimum Gasteiger partial charge on any atom is -0.498 e. The number of carbonyl (C=O) groups excluding carboxylic acids is 2. The topological polar surface area (TPSA) is 61.8 Å². The van der Waals surface area contributed by atoms with Crippen LogP contribution in [0.15, 0.2) is 35.5 Å². The summed E-state index contributed by atoms with van der Waals surface area (Å²) in [5.41, 5.74) is -0.417. The number of Topliss-reactive ketones (excluding diaryl/α,β-unsaturated/α-hetero) is 2. The Bertz CT molecular complexity index is 806. The summed E-state index contributed by atoms with van der Waals surface area (Å²) in [7, 11) is 3.06. The van der Waals surface area contributed by atoms with Gasteiger partial charge in [-0.15, -0.1) is 0 Å². The van der Waals surface area contributed by atoms with Crippen LogP contribution in [0.1, 0.15) is 34.1 Å². The van der Waals surface area contributed by atoms with Crippen LogP contribution >= 0.6 is 0 Å². The number of rotatable bonds is 2. The van der Waals surface area contributed by atoms with Crippen LogP contribution in [-0.4, -0.2) is 31.9 Å². The van der Waals surface area contributed by atoms with E-state index in [1.807, 2.05) is 26.0 Å². The summed E-state index contributed by atoms with van der Waals surface area (Å²) in [6.45, 7) is 8.11. The van der Waals surface area contributed by atoms with Gasteiger partial charge in [0.2, 0.25) is 11.6 Å². The highest BCUT2D eigenvalue weighted by Crippen LogP contribution is 2.66. The summed E-state index contributed by atoms with van der Waals surface area (Å²) in [5.74, 6) is 0.222. The zero-order valence-corrected chi connectivity index (χ0v) is 16.9. The van der Waals surface area contributed by atoms with Gasteiger partial charge >= 0.3 is 0 Å². The number of carbonyl (C=O) groups is 2. The van der Waals surface area contributed by atoms with Crippen molar-refractivity contribution >= 4 is 11.6 Å². The first-order valence-electron chi connectivity index (χ1n) is 9.64. The summed E-state index contributed by atoms with van der Waals surface area (Å²) in [6.07, 6.45) is 6.31. The number of allylic oxidation sites excluding steroid dienone is 5. The summed E-state index contributed by atoms with van der Waals surface area (Å²) in [5, 5.41) is 0. The lowest BCUT2D eigenvalue weighted by Crippen LogP contribution is -2.67. The highest BCUT2D eigenvalue weighted by molar-refractivity contribution is 6.07. The van der Waals surface area contributed by atoms with Crippen molar-refractivity contribution in [3.8, 4) is 0 Å². The van der Waals surface area contributed by atoms with Crippen LogP contribution in [0, 0.1) is 34.5 Å². The summed E-state index contributed by atoms with van der Waals surface area (Å²) in [4.78, 5) is 27.2. The summed E-state index contributed by atoms with van der Waals surface area (Å²) >= 11 is 0. The molecule has 0 N–H and O–H groups in total. The van der Waals surface area contributed by atoms with E-state index in [-0.39, 0.29) is 35.4 Å². The van der Waals surface area contributed by atoms with Gasteiger partial charge in [-0.1, -0.05) is 20.8 Å². The minimum absolute atomic E-state index is 0.00619. The van der Waals surface area contributed by atoms with Crippen molar-refractivity contribution in [3.05, 3.63) is 35.5 Å². The molecule has 0 aromatic rings. The van der Waals surface area contributed by atoms with Crippen molar-refractivity contribution < 1.29 is 23.8 Å². The average molecular weight is 372 g/mol. The van der Waals surface area contributed by atoms with E-state index in [9.17, 15) is 9.59 Å². The molecule has 1 saturated carbocycles. The highest BCUT2D eigenvalue weighted by Gasteiger charge is 2.70. The van der Waals surface area contributed by atoms with Crippen LogP contribution in [-0.2, 0) is 23.8 Å². The van der Waals surface area contributed by atoms with E-state index >= 15 is 0 Å². The van der Waals surface area contributed by atoms with E-state index in [1.165, 1.54) is 14.2 Å². The third-order valence-corrected chi connectivity index (χ3v) is 7.83. The fourth-order valence-corrected chi connectivity index (χ4v) is 6.59. The van der Waals surface area contributed by atoms with E-state index in [1.54, 1.807) is 6.26 Å². The number of ether oxygens (including phenoxy) is 3. The SMILES string of the molecule is COC1=CC(C)C2CC3OC=CC4C(C)=C(OC)C(=O)C(C2(C)C1=O)C34C. The molecule has 7 unspecified atom stereocenters. The molecule has 0 bridgehead atoms. The monoisotopic (exact) mass is 372 g/mol. The molecule has 4 aliphatic rings. The van der Waals surface area contributed by atoms with Crippen LogP contribution in [0.5, 0.6) is 0 Å². The van der Waals surface area contributed by atoms with Crippen LogP contribution < -0.4 is 0 Å². The van der Waals surface area contributed by atoms with Crippen LogP contribution in [0.4, 0.5) is 0 Å². The maximum atomic E-state index is 13.7. The number of fused-ring (bicyclic) bond motifs is 2.